The Kier molecular flexibility index (Phi) is 12.4. The van der Waals surface area contributed by atoms with Gasteiger partial charge in [0.05, 0.1) is 23.8 Å². The minimum Gasteiger partial charge on any atom is -0.508 e. The Hall–Kier alpha value is -6.54. The summed E-state index contributed by atoms with van der Waals surface area (Å²) in [6, 6.07) is 25.9. The van der Waals surface area contributed by atoms with Crippen LogP contribution in [0.25, 0.3) is 33.4 Å². The monoisotopic (exact) mass is 826 g/mol. The number of hydrogen-bond donors (Lipinski definition) is 2. The second kappa shape index (κ2) is 17.1. The number of Topliss-reactive ketones (excluding diaryl/α,β-unsaturated/α-hetero) is 2. The molecule has 2 aliphatic carbocycles. The number of rotatable bonds is 7. The van der Waals surface area contributed by atoms with E-state index >= 15 is 0 Å². The maximum atomic E-state index is 13.5. The molecule has 8 nitrogen and oxygen atoms in total. The molecule has 2 aliphatic rings. The predicted molar refractivity (Wildman–Crippen MR) is 251 cm³/mol. The lowest BCUT2D eigenvalue weighted by atomic mass is 9.72. The number of allylic oxidation sites excluding steroid dienone is 10. The Balaban J connectivity index is 1.43. The van der Waals surface area contributed by atoms with Crippen molar-refractivity contribution in [3.05, 3.63) is 155 Å². The molecule has 0 unspecified atom stereocenters. The lowest BCUT2D eigenvalue weighted by Crippen LogP contribution is -2.27. The van der Waals surface area contributed by atoms with Gasteiger partial charge in [0.1, 0.15) is 11.5 Å². The zero-order valence-electron chi connectivity index (χ0n) is 38.0. The summed E-state index contributed by atoms with van der Waals surface area (Å²) < 4.78 is 0. The van der Waals surface area contributed by atoms with Crippen LogP contribution in [0.1, 0.15) is 83.1 Å². The largest absolute Gasteiger partial charge is 0.508 e. The molecule has 0 heterocycles. The second-order valence-corrected chi connectivity index (χ2v) is 20.1. The highest BCUT2D eigenvalue weighted by molar-refractivity contribution is 6.12. The number of benzene rings is 4. The molecule has 0 amide bonds. The van der Waals surface area contributed by atoms with Crippen molar-refractivity contribution in [2.45, 2.75) is 83.1 Å². The van der Waals surface area contributed by atoms with Crippen molar-refractivity contribution in [2.75, 3.05) is 0 Å². The highest BCUT2D eigenvalue weighted by Crippen LogP contribution is 2.43. The number of carbonyl (C=O) groups is 2. The molecule has 4 aromatic carbocycles. The van der Waals surface area contributed by atoms with Crippen LogP contribution in [-0.4, -0.2) is 21.8 Å². The van der Waals surface area contributed by atoms with E-state index in [0.29, 0.717) is 11.4 Å². The number of hydrogen-bond acceptors (Lipinski definition) is 8. The number of phenolic OH excluding ortho intramolecular Hbond substituents is 2. The van der Waals surface area contributed by atoms with Crippen LogP contribution >= 0.6 is 0 Å². The van der Waals surface area contributed by atoms with Gasteiger partial charge in [0, 0.05) is 27.9 Å². The lowest BCUT2D eigenvalue weighted by Gasteiger charge is -2.31. The number of phenols is 2. The van der Waals surface area contributed by atoms with E-state index in [1.807, 2.05) is 162 Å². The van der Waals surface area contributed by atoms with Crippen molar-refractivity contribution in [2.24, 2.45) is 42.1 Å². The van der Waals surface area contributed by atoms with E-state index in [0.717, 1.165) is 66.8 Å². The van der Waals surface area contributed by atoms with Crippen molar-refractivity contribution in [1.29, 1.82) is 0 Å². The summed E-state index contributed by atoms with van der Waals surface area (Å²) in [6.45, 7) is 24.5. The molecule has 0 spiro atoms. The predicted octanol–water partition coefficient (Wildman–Crippen LogP) is 15.1. The highest BCUT2D eigenvalue weighted by atomic mass is 16.3. The fourth-order valence-electron chi connectivity index (χ4n) is 7.39. The summed E-state index contributed by atoms with van der Waals surface area (Å²) in [7, 11) is 0. The molecule has 0 aromatic heterocycles. The minimum atomic E-state index is -0.350. The molecule has 318 valence electrons. The molecule has 62 heavy (non-hydrogen) atoms. The first kappa shape index (κ1) is 45.0. The third kappa shape index (κ3) is 10.3. The first-order valence-corrected chi connectivity index (χ1v) is 21.0. The average molecular weight is 827 g/mol. The molecule has 0 atom stereocenters. The summed E-state index contributed by atoms with van der Waals surface area (Å²) in [5.41, 5.74) is 9.57. The minimum absolute atomic E-state index is 0.0573. The van der Waals surface area contributed by atoms with Gasteiger partial charge in [-0.2, -0.15) is 20.5 Å². The van der Waals surface area contributed by atoms with Crippen molar-refractivity contribution in [3.8, 4) is 44.9 Å². The first-order valence-electron chi connectivity index (χ1n) is 21.0. The number of azo groups is 2. The molecule has 0 saturated carbocycles. The second-order valence-electron chi connectivity index (χ2n) is 20.1. The Morgan fingerprint density at radius 1 is 0.419 bits per heavy atom. The fourth-order valence-corrected chi connectivity index (χ4v) is 7.39. The summed E-state index contributed by atoms with van der Waals surface area (Å²) in [4.78, 5) is 27.0. The average Bonchev–Trinajstić information content (AvgIpc) is 3.18. The number of carbonyl (C=O) groups excluding carboxylic acids is 2. The third-order valence-corrected chi connectivity index (χ3v) is 10.9. The van der Waals surface area contributed by atoms with E-state index in [1.165, 1.54) is 0 Å². The summed E-state index contributed by atoms with van der Waals surface area (Å²) in [5, 5.41) is 38.7. The third-order valence-electron chi connectivity index (χ3n) is 10.9. The van der Waals surface area contributed by atoms with Crippen molar-refractivity contribution in [1.82, 2.24) is 0 Å². The molecular weight excluding hydrogens is 769 g/mol. The number of nitrogens with zero attached hydrogens (tertiary/aromatic N) is 4. The Labute approximate surface area is 366 Å². The molecule has 6 rings (SSSR count). The molecule has 0 bridgehead atoms. The van der Waals surface area contributed by atoms with Crippen LogP contribution in [0.3, 0.4) is 0 Å². The van der Waals surface area contributed by atoms with Crippen molar-refractivity contribution in [3.63, 3.8) is 0 Å². The standard InChI is InChI=1S/C54H58N4O4/c1-51(2,3)44-25-33(26-45(49(44)61)52(4,5)6)31-55-57-38-18-23-41(42(30-38)35-13-19-39(59)20-14-35)37-17-24-48(43(29-37)36-15-21-40(60)22-16-36)58-56-32-34-27-46(53(7,8)9)50(62)47(28-34)54(10,11)12/h13-32,59-60H,1-12H3. The SMILES string of the molecule is CC(C)(C)C1=CC(=CN=Nc2ccc(-c3ccc(N=NC=C4C=C(C(C)(C)C)C(=O)C(C(C)(C)C)=C4)c(-c4ccc(O)cc4)c3)c(-c3ccc(O)cc3)c2)C=C(C(C)(C)C)C1=O. The highest BCUT2D eigenvalue weighted by Gasteiger charge is 2.35. The van der Waals surface area contributed by atoms with E-state index < -0.39 is 0 Å². The Morgan fingerprint density at radius 3 is 1.23 bits per heavy atom. The van der Waals surface area contributed by atoms with E-state index in [1.54, 1.807) is 36.7 Å². The van der Waals surface area contributed by atoms with Gasteiger partial charge in [-0.15, -0.1) is 0 Å². The van der Waals surface area contributed by atoms with Crippen molar-refractivity contribution >= 4 is 22.9 Å². The number of ketones is 2. The van der Waals surface area contributed by atoms with Gasteiger partial charge in [0.2, 0.25) is 0 Å². The fraction of sp³-hybridized carbons (Fsp3) is 0.296. The van der Waals surface area contributed by atoms with Gasteiger partial charge < -0.3 is 10.2 Å². The molecule has 2 N–H and O–H groups in total. The van der Waals surface area contributed by atoms with E-state index in [4.69, 9.17) is 5.11 Å². The lowest BCUT2D eigenvalue weighted by molar-refractivity contribution is -0.114. The van der Waals surface area contributed by atoms with Crippen molar-refractivity contribution < 1.29 is 19.8 Å². The summed E-state index contributed by atoms with van der Waals surface area (Å²) >= 11 is 0. The molecular formula is C54H58N4O4. The Bertz CT molecular complexity index is 2600. The van der Waals surface area contributed by atoms with Gasteiger partial charge in [0.25, 0.3) is 0 Å². The molecule has 8 heteroatoms. The summed E-state index contributed by atoms with van der Waals surface area (Å²) in [5.74, 6) is 0.425. The maximum absolute atomic E-state index is 13.5. The van der Waals surface area contributed by atoms with Gasteiger partial charge >= 0.3 is 0 Å². The molecule has 0 fully saturated rings. The van der Waals surface area contributed by atoms with Crippen LogP contribution in [-0.2, 0) is 9.59 Å². The van der Waals surface area contributed by atoms with Crippen LogP contribution in [0.5, 0.6) is 11.5 Å². The van der Waals surface area contributed by atoms with E-state index in [9.17, 15) is 19.8 Å². The zero-order valence-corrected chi connectivity index (χ0v) is 38.0. The molecule has 0 aliphatic heterocycles. The van der Waals surface area contributed by atoms with Crippen LogP contribution in [0.2, 0.25) is 0 Å². The van der Waals surface area contributed by atoms with Crippen LogP contribution in [0, 0.1) is 21.7 Å². The normalized spacial score (nSPS) is 15.5. The van der Waals surface area contributed by atoms with Crippen LogP contribution in [0.4, 0.5) is 11.4 Å². The maximum Gasteiger partial charge on any atom is 0.186 e. The Morgan fingerprint density at radius 2 is 0.806 bits per heavy atom. The first-order chi connectivity index (χ1) is 28.9. The van der Waals surface area contributed by atoms with E-state index in [2.05, 4.69) is 21.4 Å². The van der Waals surface area contributed by atoms with Crippen LogP contribution in [0.15, 0.2) is 176 Å². The molecule has 4 aromatic rings. The zero-order chi connectivity index (χ0) is 45.4. The van der Waals surface area contributed by atoms with Gasteiger partial charge in [-0.05, 0) is 133 Å². The van der Waals surface area contributed by atoms with E-state index in [-0.39, 0.29) is 44.7 Å². The smallest absolute Gasteiger partial charge is 0.186 e. The van der Waals surface area contributed by atoms with Crippen LogP contribution < -0.4 is 0 Å². The topological polar surface area (TPSA) is 124 Å². The van der Waals surface area contributed by atoms with Gasteiger partial charge in [-0.25, -0.2) is 0 Å². The number of aromatic hydroxyl groups is 2. The van der Waals surface area contributed by atoms with Gasteiger partial charge in [0.15, 0.2) is 11.6 Å². The molecule has 0 radical (unpaired) electrons. The molecule has 0 saturated heterocycles. The van der Waals surface area contributed by atoms with Gasteiger partial charge in [-0.3, -0.25) is 9.59 Å². The summed E-state index contributed by atoms with van der Waals surface area (Å²) in [6.07, 6.45) is 11.0. The van der Waals surface area contributed by atoms with Gasteiger partial charge in [-0.1, -0.05) is 119 Å². The quantitative estimate of drug-likeness (QED) is 0.180.